The van der Waals surface area contributed by atoms with E-state index in [1.54, 1.807) is 27.7 Å². The number of nitrogens with zero attached hydrogens (tertiary/aromatic N) is 4. The summed E-state index contributed by atoms with van der Waals surface area (Å²) in [5.41, 5.74) is 2.77. The number of aromatic nitrogens is 3. The lowest BCUT2D eigenvalue weighted by molar-refractivity contribution is 0.266. The molecule has 3 heterocycles. The molecule has 1 aliphatic rings. The Labute approximate surface area is 203 Å². The first kappa shape index (κ1) is 22.8. The van der Waals surface area contributed by atoms with E-state index in [4.69, 9.17) is 19.2 Å². The van der Waals surface area contributed by atoms with Crippen LogP contribution in [-0.2, 0) is 0 Å². The lowest BCUT2D eigenvalue weighted by atomic mass is 10.1. The second-order valence-corrected chi connectivity index (χ2v) is 8.39. The minimum absolute atomic E-state index is 0.118. The Balaban J connectivity index is 1.48. The average molecular weight is 476 g/mol. The summed E-state index contributed by atoms with van der Waals surface area (Å²) in [7, 11) is 4.76. The van der Waals surface area contributed by atoms with Crippen molar-refractivity contribution in [2.75, 3.05) is 44.7 Å². The summed E-state index contributed by atoms with van der Waals surface area (Å²) in [5, 5.41) is 14.3. The van der Waals surface area contributed by atoms with E-state index in [-0.39, 0.29) is 12.6 Å². The Morgan fingerprint density at radius 2 is 1.80 bits per heavy atom. The number of hydrogen-bond donors (Lipinski definition) is 2. The Morgan fingerprint density at radius 3 is 2.51 bits per heavy atom. The number of ether oxygens (including phenoxy) is 3. The van der Waals surface area contributed by atoms with Crippen LogP contribution in [0.1, 0.15) is 12.8 Å². The molecule has 1 fully saturated rings. The standard InChI is InChI=1S/C26H29N5O4/c1-33-22-11-18(12-23(34-2)26(22)35-3)30-14-25(27-16-30)29-24-13-21(31-10-6-7-17(31)15-32)19-8-4-5-9-20(19)28-24/h4-5,8-9,11-14,16-17,32H,6-7,10,15H2,1-3H3,(H,28,29). The number of aliphatic hydroxyl groups is 1. The maximum atomic E-state index is 9.88. The minimum atomic E-state index is 0.118. The van der Waals surface area contributed by atoms with Crippen molar-refractivity contribution in [1.29, 1.82) is 0 Å². The third kappa shape index (κ3) is 4.30. The molecule has 1 unspecified atom stereocenters. The number of methoxy groups -OCH3 is 3. The van der Waals surface area contributed by atoms with Gasteiger partial charge in [0.25, 0.3) is 0 Å². The molecule has 0 bridgehead atoms. The SMILES string of the molecule is COc1cc(-n2cnc(Nc3cc(N4CCCC4CO)c4ccccc4n3)c2)cc(OC)c1OC. The van der Waals surface area contributed by atoms with Crippen LogP contribution in [0, 0.1) is 0 Å². The topological polar surface area (TPSA) is 93.9 Å². The second-order valence-electron chi connectivity index (χ2n) is 8.39. The number of anilines is 3. The molecule has 182 valence electrons. The Morgan fingerprint density at radius 1 is 1.03 bits per heavy atom. The van der Waals surface area contributed by atoms with Gasteiger partial charge in [0.2, 0.25) is 5.75 Å². The lowest BCUT2D eigenvalue weighted by Crippen LogP contribution is -2.32. The summed E-state index contributed by atoms with van der Waals surface area (Å²) >= 11 is 0. The van der Waals surface area contributed by atoms with Gasteiger partial charge in [0.15, 0.2) is 11.5 Å². The summed E-state index contributed by atoms with van der Waals surface area (Å²) in [6.07, 6.45) is 5.63. The van der Waals surface area contributed by atoms with Crippen molar-refractivity contribution >= 4 is 28.2 Å². The number of benzene rings is 2. The van der Waals surface area contributed by atoms with Crippen LogP contribution >= 0.6 is 0 Å². The highest BCUT2D eigenvalue weighted by molar-refractivity contribution is 5.94. The number of pyridine rings is 1. The van der Waals surface area contributed by atoms with E-state index in [1.807, 2.05) is 47.2 Å². The van der Waals surface area contributed by atoms with Crippen molar-refractivity contribution in [2.45, 2.75) is 18.9 Å². The Kier molecular flexibility index (Phi) is 6.33. The van der Waals surface area contributed by atoms with E-state index in [9.17, 15) is 5.11 Å². The zero-order valence-corrected chi connectivity index (χ0v) is 20.1. The van der Waals surface area contributed by atoms with E-state index >= 15 is 0 Å². The van der Waals surface area contributed by atoms with E-state index in [0.717, 1.165) is 41.7 Å². The van der Waals surface area contributed by atoms with Gasteiger partial charge in [-0.1, -0.05) is 18.2 Å². The molecule has 9 nitrogen and oxygen atoms in total. The monoisotopic (exact) mass is 475 g/mol. The number of hydrogen-bond acceptors (Lipinski definition) is 8. The van der Waals surface area contributed by atoms with Gasteiger partial charge in [0, 0.05) is 30.1 Å². The van der Waals surface area contributed by atoms with Crippen molar-refractivity contribution < 1.29 is 19.3 Å². The van der Waals surface area contributed by atoms with Gasteiger partial charge in [-0.25, -0.2) is 9.97 Å². The van der Waals surface area contributed by atoms with Gasteiger partial charge in [-0.15, -0.1) is 0 Å². The first-order valence-electron chi connectivity index (χ1n) is 11.5. The number of imidazole rings is 1. The van der Waals surface area contributed by atoms with Crippen molar-refractivity contribution in [3.8, 4) is 22.9 Å². The van der Waals surface area contributed by atoms with Crippen molar-refractivity contribution in [3.63, 3.8) is 0 Å². The fraction of sp³-hybridized carbons (Fsp3) is 0.308. The Bertz CT molecular complexity index is 1310. The summed E-state index contributed by atoms with van der Waals surface area (Å²) in [6, 6.07) is 14.0. The molecule has 1 aliphatic heterocycles. The van der Waals surface area contributed by atoms with Gasteiger partial charge in [-0.3, -0.25) is 0 Å². The smallest absolute Gasteiger partial charge is 0.203 e. The third-order valence-corrected chi connectivity index (χ3v) is 6.38. The van der Waals surface area contributed by atoms with E-state index in [2.05, 4.69) is 21.3 Å². The summed E-state index contributed by atoms with van der Waals surface area (Å²) in [5.74, 6) is 3.00. The Hall–Kier alpha value is -3.98. The number of rotatable bonds is 8. The van der Waals surface area contributed by atoms with Gasteiger partial charge in [-0.2, -0.15) is 0 Å². The fourth-order valence-electron chi connectivity index (χ4n) is 4.68. The van der Waals surface area contributed by atoms with Crippen LogP contribution in [0.3, 0.4) is 0 Å². The average Bonchev–Trinajstić information content (AvgIpc) is 3.57. The first-order valence-corrected chi connectivity index (χ1v) is 11.5. The molecule has 2 N–H and O–H groups in total. The molecule has 2 aromatic heterocycles. The second kappa shape index (κ2) is 9.71. The van der Waals surface area contributed by atoms with Crippen LogP contribution in [0.15, 0.2) is 55.0 Å². The molecule has 5 rings (SSSR count). The normalized spacial score (nSPS) is 15.4. The van der Waals surface area contributed by atoms with Gasteiger partial charge < -0.3 is 34.1 Å². The molecule has 0 radical (unpaired) electrons. The van der Waals surface area contributed by atoms with Crippen LogP contribution < -0.4 is 24.4 Å². The van der Waals surface area contributed by atoms with E-state index in [1.165, 1.54) is 0 Å². The molecule has 2 aromatic carbocycles. The molecule has 0 saturated carbocycles. The summed E-state index contributed by atoms with van der Waals surface area (Å²) < 4.78 is 18.2. The molecule has 0 spiro atoms. The zero-order chi connectivity index (χ0) is 24.4. The predicted molar refractivity (Wildman–Crippen MR) is 136 cm³/mol. The zero-order valence-electron chi connectivity index (χ0n) is 20.1. The van der Waals surface area contributed by atoms with Gasteiger partial charge in [-0.05, 0) is 18.9 Å². The van der Waals surface area contributed by atoms with E-state index < -0.39 is 0 Å². The molecular formula is C26H29N5O4. The van der Waals surface area contributed by atoms with Crippen molar-refractivity contribution in [2.24, 2.45) is 0 Å². The van der Waals surface area contributed by atoms with Gasteiger partial charge in [0.05, 0.1) is 57.1 Å². The van der Waals surface area contributed by atoms with Gasteiger partial charge >= 0.3 is 0 Å². The van der Waals surface area contributed by atoms with Crippen LogP contribution in [0.4, 0.5) is 17.3 Å². The highest BCUT2D eigenvalue weighted by Gasteiger charge is 2.26. The molecule has 0 amide bonds. The summed E-state index contributed by atoms with van der Waals surface area (Å²) in [4.78, 5) is 11.6. The highest BCUT2D eigenvalue weighted by atomic mass is 16.5. The number of para-hydroxylation sites is 1. The van der Waals surface area contributed by atoms with Crippen LogP contribution in [0.5, 0.6) is 17.2 Å². The quantitative estimate of drug-likeness (QED) is 0.393. The lowest BCUT2D eigenvalue weighted by Gasteiger charge is -2.27. The molecular weight excluding hydrogens is 446 g/mol. The van der Waals surface area contributed by atoms with Crippen LogP contribution in [-0.4, -0.2) is 60.2 Å². The maximum absolute atomic E-state index is 9.88. The molecule has 9 heteroatoms. The fourth-order valence-corrected chi connectivity index (χ4v) is 4.68. The molecule has 35 heavy (non-hydrogen) atoms. The molecule has 0 aliphatic carbocycles. The van der Waals surface area contributed by atoms with Crippen LogP contribution in [0.2, 0.25) is 0 Å². The predicted octanol–water partition coefficient (Wildman–Crippen LogP) is 4.15. The van der Waals surface area contributed by atoms with Crippen LogP contribution in [0.25, 0.3) is 16.6 Å². The molecule has 1 atom stereocenters. The largest absolute Gasteiger partial charge is 0.493 e. The first-order chi connectivity index (χ1) is 17.1. The molecule has 1 saturated heterocycles. The highest BCUT2D eigenvalue weighted by Crippen LogP contribution is 2.39. The molecule has 4 aromatic rings. The number of nitrogens with one attached hydrogen (secondary N) is 1. The van der Waals surface area contributed by atoms with Crippen molar-refractivity contribution in [1.82, 2.24) is 14.5 Å². The number of aliphatic hydroxyl groups excluding tert-OH is 1. The third-order valence-electron chi connectivity index (χ3n) is 6.38. The maximum Gasteiger partial charge on any atom is 0.203 e. The summed E-state index contributed by atoms with van der Waals surface area (Å²) in [6.45, 7) is 1.05. The van der Waals surface area contributed by atoms with Crippen molar-refractivity contribution in [3.05, 3.63) is 55.0 Å². The van der Waals surface area contributed by atoms with E-state index in [0.29, 0.717) is 28.9 Å². The number of fused-ring (bicyclic) bond motifs is 1. The minimum Gasteiger partial charge on any atom is -0.493 e. The van der Waals surface area contributed by atoms with Gasteiger partial charge in [0.1, 0.15) is 18.0 Å².